The highest BCUT2D eigenvalue weighted by Crippen LogP contribution is 2.30. The van der Waals surface area contributed by atoms with Gasteiger partial charge in [-0.25, -0.2) is 8.42 Å². The quantitative estimate of drug-likeness (QED) is 0.412. The molecule has 1 saturated heterocycles. The van der Waals surface area contributed by atoms with Crippen LogP contribution in [0.3, 0.4) is 0 Å². The van der Waals surface area contributed by atoms with Crippen LogP contribution in [-0.4, -0.2) is 41.9 Å². The maximum Gasteiger partial charge on any atom is 0.295 e. The second-order valence-electron chi connectivity index (χ2n) is 6.27. The highest BCUT2D eigenvalue weighted by molar-refractivity contribution is 7.89. The van der Waals surface area contributed by atoms with Crippen molar-refractivity contribution in [3.8, 4) is 0 Å². The van der Waals surface area contributed by atoms with Crippen molar-refractivity contribution in [2.45, 2.75) is 17.7 Å². The lowest BCUT2D eigenvalue weighted by Gasteiger charge is -2.15. The lowest BCUT2D eigenvalue weighted by molar-refractivity contribution is -0.384. The molecule has 1 aliphatic heterocycles. The van der Waals surface area contributed by atoms with Gasteiger partial charge in [0.05, 0.1) is 21.0 Å². The van der Waals surface area contributed by atoms with Crippen molar-refractivity contribution < 1.29 is 18.3 Å². The van der Waals surface area contributed by atoms with Gasteiger partial charge in [0.15, 0.2) is 0 Å². The first kappa shape index (κ1) is 20.4. The van der Waals surface area contributed by atoms with E-state index in [1.54, 1.807) is 6.07 Å². The predicted molar refractivity (Wildman–Crippen MR) is 105 cm³/mol. The lowest BCUT2D eigenvalue weighted by atomic mass is 10.2. The minimum atomic E-state index is -3.79. The normalized spacial score (nSPS) is 14.9. The number of hydrogen-bond acceptors (Lipinski definition) is 8. The molecule has 12 heteroatoms. The number of benzene rings is 2. The van der Waals surface area contributed by atoms with Gasteiger partial charge in [-0.2, -0.15) is 9.41 Å². The number of nitro benzene ring substituents is 2. The molecule has 0 unspecified atom stereocenters. The van der Waals surface area contributed by atoms with E-state index in [0.717, 1.165) is 18.9 Å². The van der Waals surface area contributed by atoms with Crippen molar-refractivity contribution in [2.24, 2.45) is 5.10 Å². The number of nitro groups is 2. The number of non-ortho nitro benzene ring substituents is 1. The Labute approximate surface area is 166 Å². The second-order valence-corrected chi connectivity index (χ2v) is 8.21. The highest BCUT2D eigenvalue weighted by atomic mass is 32.2. The molecule has 2 aromatic carbocycles. The number of nitrogens with one attached hydrogen (secondary N) is 1. The number of nitrogens with zero attached hydrogens (tertiary/aromatic N) is 4. The number of hydrogen-bond donors (Lipinski definition) is 1. The number of anilines is 1. The topological polar surface area (TPSA) is 148 Å². The molecule has 1 aliphatic rings. The number of rotatable bonds is 7. The van der Waals surface area contributed by atoms with Gasteiger partial charge in [-0.05, 0) is 25.0 Å². The minimum Gasteiger partial charge on any atom is -0.272 e. The summed E-state index contributed by atoms with van der Waals surface area (Å²) in [6.45, 7) is 0.785. The fourth-order valence-electron chi connectivity index (χ4n) is 2.89. The van der Waals surface area contributed by atoms with Crippen LogP contribution in [0.2, 0.25) is 0 Å². The molecule has 152 valence electrons. The van der Waals surface area contributed by atoms with Gasteiger partial charge in [-0.3, -0.25) is 25.7 Å². The highest BCUT2D eigenvalue weighted by Gasteiger charge is 2.29. The number of hydrazone groups is 1. The van der Waals surface area contributed by atoms with E-state index in [0.29, 0.717) is 18.7 Å². The Hall–Kier alpha value is -3.38. The summed E-state index contributed by atoms with van der Waals surface area (Å²) in [4.78, 5) is 20.8. The van der Waals surface area contributed by atoms with Crippen LogP contribution in [0.1, 0.15) is 18.4 Å². The van der Waals surface area contributed by atoms with Crippen molar-refractivity contribution in [3.63, 3.8) is 0 Å². The Kier molecular flexibility index (Phi) is 5.84. The van der Waals surface area contributed by atoms with Gasteiger partial charge in [0, 0.05) is 36.9 Å². The van der Waals surface area contributed by atoms with Gasteiger partial charge < -0.3 is 0 Å². The van der Waals surface area contributed by atoms with E-state index in [-0.39, 0.29) is 16.3 Å². The van der Waals surface area contributed by atoms with Crippen molar-refractivity contribution >= 4 is 33.3 Å². The van der Waals surface area contributed by atoms with Gasteiger partial charge in [0.25, 0.3) is 11.4 Å². The summed E-state index contributed by atoms with van der Waals surface area (Å²) in [5.41, 5.74) is 2.35. The maximum absolute atomic E-state index is 12.6. The average Bonchev–Trinajstić information content (AvgIpc) is 3.24. The monoisotopic (exact) mass is 419 g/mol. The van der Waals surface area contributed by atoms with Crippen LogP contribution in [0, 0.1) is 20.2 Å². The van der Waals surface area contributed by atoms with Crippen LogP contribution in [0.4, 0.5) is 17.1 Å². The lowest BCUT2D eigenvalue weighted by Crippen LogP contribution is -2.27. The first-order valence-corrected chi connectivity index (χ1v) is 10.0. The van der Waals surface area contributed by atoms with E-state index in [4.69, 9.17) is 0 Å². The van der Waals surface area contributed by atoms with Crippen molar-refractivity contribution in [2.75, 3.05) is 18.5 Å². The van der Waals surface area contributed by atoms with Crippen molar-refractivity contribution in [1.82, 2.24) is 4.31 Å². The largest absolute Gasteiger partial charge is 0.295 e. The van der Waals surface area contributed by atoms with E-state index >= 15 is 0 Å². The molecule has 2 aromatic rings. The van der Waals surface area contributed by atoms with Crippen LogP contribution in [0.5, 0.6) is 0 Å². The molecule has 1 heterocycles. The molecule has 0 bridgehead atoms. The summed E-state index contributed by atoms with van der Waals surface area (Å²) < 4.78 is 26.5. The molecule has 0 aliphatic carbocycles. The zero-order valence-electron chi connectivity index (χ0n) is 15.1. The molecular formula is C17H17N5O6S. The zero-order valence-corrected chi connectivity index (χ0v) is 15.9. The van der Waals surface area contributed by atoms with Crippen LogP contribution >= 0.6 is 0 Å². The molecule has 0 amide bonds. The Bertz CT molecular complexity index is 1080. The van der Waals surface area contributed by atoms with E-state index in [9.17, 15) is 28.6 Å². The van der Waals surface area contributed by atoms with E-state index in [1.165, 1.54) is 40.9 Å². The Morgan fingerprint density at radius 2 is 1.76 bits per heavy atom. The minimum absolute atomic E-state index is 0.00273. The Morgan fingerprint density at radius 1 is 1.03 bits per heavy atom. The first-order chi connectivity index (χ1) is 13.8. The summed E-state index contributed by atoms with van der Waals surface area (Å²) in [5.74, 6) is 0. The van der Waals surface area contributed by atoms with E-state index in [1.807, 2.05) is 0 Å². The molecule has 1 fully saturated rings. The van der Waals surface area contributed by atoms with Crippen LogP contribution < -0.4 is 5.43 Å². The molecule has 0 spiro atoms. The third-order valence-corrected chi connectivity index (χ3v) is 6.24. The Morgan fingerprint density at radius 3 is 2.41 bits per heavy atom. The van der Waals surface area contributed by atoms with Gasteiger partial charge in [0.1, 0.15) is 5.69 Å². The second kappa shape index (κ2) is 8.32. The third kappa shape index (κ3) is 4.55. The number of sulfonamides is 1. The smallest absolute Gasteiger partial charge is 0.272 e. The standard InChI is InChI=1S/C17H17N5O6S/c23-21(24)14-5-3-4-13(10-14)12-18-19-16-7-6-15(11-17(16)22(25)26)29(27,28)20-8-1-2-9-20/h3-7,10-12,19H,1-2,8-9H2/b18-12-. The fraction of sp³-hybridized carbons (Fsp3) is 0.235. The van der Waals surface area contributed by atoms with Gasteiger partial charge in [-0.1, -0.05) is 12.1 Å². The summed E-state index contributed by atoms with van der Waals surface area (Å²) >= 11 is 0. The predicted octanol–water partition coefficient (Wildman–Crippen LogP) is 2.73. The summed E-state index contributed by atoms with van der Waals surface area (Å²) in [6.07, 6.45) is 2.78. The first-order valence-electron chi connectivity index (χ1n) is 8.61. The zero-order chi connectivity index (χ0) is 21.0. The van der Waals surface area contributed by atoms with E-state index < -0.39 is 25.6 Å². The van der Waals surface area contributed by atoms with Crippen LogP contribution in [0.15, 0.2) is 52.5 Å². The molecule has 0 atom stereocenters. The van der Waals surface area contributed by atoms with Gasteiger partial charge >= 0.3 is 0 Å². The Balaban J connectivity index is 1.83. The van der Waals surface area contributed by atoms with Crippen LogP contribution in [-0.2, 0) is 10.0 Å². The SMILES string of the molecule is O=[N+]([O-])c1cccc(/C=N\Nc2ccc(S(=O)(=O)N3CCCC3)cc2[N+](=O)[O-])c1. The average molecular weight is 419 g/mol. The molecule has 11 nitrogen and oxygen atoms in total. The molecule has 0 saturated carbocycles. The molecule has 29 heavy (non-hydrogen) atoms. The molecular weight excluding hydrogens is 402 g/mol. The summed E-state index contributed by atoms with van der Waals surface area (Å²) in [6, 6.07) is 9.25. The molecule has 0 radical (unpaired) electrons. The van der Waals surface area contributed by atoms with Gasteiger partial charge in [0.2, 0.25) is 10.0 Å². The summed E-state index contributed by atoms with van der Waals surface area (Å²) in [5, 5.41) is 26.1. The van der Waals surface area contributed by atoms with E-state index in [2.05, 4.69) is 10.5 Å². The van der Waals surface area contributed by atoms with Crippen LogP contribution in [0.25, 0.3) is 0 Å². The molecule has 1 N–H and O–H groups in total. The fourth-order valence-corrected chi connectivity index (χ4v) is 4.43. The molecule has 3 rings (SSSR count). The van der Waals surface area contributed by atoms with Crippen molar-refractivity contribution in [3.05, 3.63) is 68.3 Å². The van der Waals surface area contributed by atoms with Gasteiger partial charge in [-0.15, -0.1) is 0 Å². The third-order valence-electron chi connectivity index (χ3n) is 4.35. The maximum atomic E-state index is 12.6. The van der Waals surface area contributed by atoms with Crippen molar-refractivity contribution in [1.29, 1.82) is 0 Å². The molecule has 0 aromatic heterocycles. The summed E-state index contributed by atoms with van der Waals surface area (Å²) in [7, 11) is -3.79.